The van der Waals surface area contributed by atoms with Crippen LogP contribution in [0.4, 0.5) is 4.79 Å². The van der Waals surface area contributed by atoms with Gasteiger partial charge in [-0.1, -0.05) is 18.5 Å². The van der Waals surface area contributed by atoms with Crippen LogP contribution < -0.4 is 5.32 Å². The molecule has 25 heavy (non-hydrogen) atoms. The molecular formula is C17H22N4O4. The van der Waals surface area contributed by atoms with E-state index in [0.717, 1.165) is 17.7 Å². The molecule has 0 aromatic carbocycles. The number of aryl methyl sites for hydroxylation is 3. The maximum atomic E-state index is 12.9. The molecule has 3 amide bonds. The van der Waals surface area contributed by atoms with Crippen LogP contribution in [0.2, 0.25) is 0 Å². The molecule has 0 saturated carbocycles. The van der Waals surface area contributed by atoms with E-state index in [-0.39, 0.29) is 12.5 Å². The Labute approximate surface area is 145 Å². The first kappa shape index (κ1) is 17.2. The summed E-state index contributed by atoms with van der Waals surface area (Å²) in [7, 11) is 0. The van der Waals surface area contributed by atoms with Gasteiger partial charge in [0.15, 0.2) is 5.82 Å². The lowest BCUT2D eigenvalue weighted by Crippen LogP contribution is -2.41. The van der Waals surface area contributed by atoms with Gasteiger partial charge >= 0.3 is 6.03 Å². The van der Waals surface area contributed by atoms with Gasteiger partial charge in [0.05, 0.1) is 6.54 Å². The first-order valence-corrected chi connectivity index (χ1v) is 8.38. The number of aromatic nitrogens is 2. The largest absolute Gasteiger partial charge is 0.466 e. The minimum atomic E-state index is -1.16. The minimum Gasteiger partial charge on any atom is -0.466 e. The molecule has 1 unspecified atom stereocenters. The van der Waals surface area contributed by atoms with E-state index in [1.54, 1.807) is 26.8 Å². The number of carbonyl (C=O) groups excluding carboxylic acids is 2. The van der Waals surface area contributed by atoms with Crippen molar-refractivity contribution in [2.75, 3.05) is 0 Å². The number of rotatable bonds is 6. The van der Waals surface area contributed by atoms with Crippen LogP contribution in [0.3, 0.4) is 0 Å². The van der Waals surface area contributed by atoms with Gasteiger partial charge in [0, 0.05) is 12.0 Å². The second kappa shape index (κ2) is 6.34. The third-order valence-corrected chi connectivity index (χ3v) is 4.41. The van der Waals surface area contributed by atoms with E-state index in [1.807, 2.05) is 0 Å². The highest BCUT2D eigenvalue weighted by atomic mass is 16.5. The number of imide groups is 1. The average Bonchev–Trinajstić information content (AvgIpc) is 3.20. The Morgan fingerprint density at radius 1 is 1.32 bits per heavy atom. The molecule has 8 nitrogen and oxygen atoms in total. The summed E-state index contributed by atoms with van der Waals surface area (Å²) in [4.78, 5) is 30.6. The number of urea groups is 1. The Kier molecular flexibility index (Phi) is 4.36. The van der Waals surface area contributed by atoms with Crippen LogP contribution in [-0.4, -0.2) is 27.0 Å². The SMILES string of the molecule is CCCCc1nc(CN2C(=O)NC(C)(c3cc(C)oc3C)C2=O)no1. The molecule has 2 aromatic heterocycles. The molecule has 8 heteroatoms. The van der Waals surface area contributed by atoms with E-state index in [1.165, 1.54) is 0 Å². The van der Waals surface area contributed by atoms with Gasteiger partial charge in [0.2, 0.25) is 5.89 Å². The standard InChI is InChI=1S/C17H22N4O4/c1-5-6-7-14-18-13(20-25-14)9-21-15(22)17(4,19-16(21)23)12-8-10(2)24-11(12)3/h8H,5-7,9H2,1-4H3,(H,19,23). The number of hydrogen-bond acceptors (Lipinski definition) is 6. The minimum absolute atomic E-state index is 0.0221. The summed E-state index contributed by atoms with van der Waals surface area (Å²) in [6, 6.07) is 1.29. The zero-order chi connectivity index (χ0) is 18.2. The molecule has 1 saturated heterocycles. The van der Waals surface area contributed by atoms with Gasteiger partial charge in [0.25, 0.3) is 5.91 Å². The monoisotopic (exact) mass is 346 g/mol. The van der Waals surface area contributed by atoms with Crippen molar-refractivity contribution in [3.8, 4) is 0 Å². The van der Waals surface area contributed by atoms with Crippen LogP contribution in [0.15, 0.2) is 15.0 Å². The van der Waals surface area contributed by atoms with Crippen LogP contribution in [-0.2, 0) is 23.3 Å². The van der Waals surface area contributed by atoms with Gasteiger partial charge in [-0.3, -0.25) is 9.69 Å². The van der Waals surface area contributed by atoms with Gasteiger partial charge in [-0.2, -0.15) is 4.98 Å². The van der Waals surface area contributed by atoms with E-state index in [4.69, 9.17) is 8.94 Å². The molecule has 134 valence electrons. The van der Waals surface area contributed by atoms with Gasteiger partial charge < -0.3 is 14.3 Å². The first-order valence-electron chi connectivity index (χ1n) is 8.38. The number of nitrogens with zero attached hydrogens (tertiary/aromatic N) is 3. The number of carbonyl (C=O) groups is 2. The van der Waals surface area contributed by atoms with E-state index in [0.29, 0.717) is 35.2 Å². The van der Waals surface area contributed by atoms with Crippen molar-refractivity contribution >= 4 is 11.9 Å². The molecule has 0 radical (unpaired) electrons. The molecular weight excluding hydrogens is 324 g/mol. The Balaban J connectivity index is 1.79. The molecule has 1 aliphatic heterocycles. The molecule has 0 spiro atoms. The molecule has 1 N–H and O–H groups in total. The third kappa shape index (κ3) is 3.04. The van der Waals surface area contributed by atoms with Gasteiger partial charge in [-0.25, -0.2) is 4.79 Å². The van der Waals surface area contributed by atoms with Crippen molar-refractivity contribution in [2.24, 2.45) is 0 Å². The maximum Gasteiger partial charge on any atom is 0.325 e. The molecule has 2 aromatic rings. The zero-order valence-electron chi connectivity index (χ0n) is 14.9. The highest BCUT2D eigenvalue weighted by Crippen LogP contribution is 2.33. The summed E-state index contributed by atoms with van der Waals surface area (Å²) in [6.45, 7) is 7.30. The van der Waals surface area contributed by atoms with Crippen molar-refractivity contribution in [1.29, 1.82) is 0 Å². The molecule has 0 aliphatic carbocycles. The zero-order valence-corrected chi connectivity index (χ0v) is 14.9. The number of hydrogen-bond donors (Lipinski definition) is 1. The van der Waals surface area contributed by atoms with Crippen molar-refractivity contribution in [2.45, 2.75) is 59.0 Å². The lowest BCUT2D eigenvalue weighted by Gasteiger charge is -2.20. The molecule has 3 rings (SSSR count). The number of nitrogens with one attached hydrogen (secondary N) is 1. The Bertz CT molecular complexity index is 809. The summed E-state index contributed by atoms with van der Waals surface area (Å²) in [5.74, 6) is 1.78. The Morgan fingerprint density at radius 3 is 2.72 bits per heavy atom. The van der Waals surface area contributed by atoms with Crippen molar-refractivity contribution < 1.29 is 18.5 Å². The average molecular weight is 346 g/mol. The summed E-state index contributed by atoms with van der Waals surface area (Å²) in [6.07, 6.45) is 2.66. The smallest absolute Gasteiger partial charge is 0.325 e. The van der Waals surface area contributed by atoms with E-state index in [9.17, 15) is 9.59 Å². The van der Waals surface area contributed by atoms with Gasteiger partial charge in [-0.15, -0.1) is 0 Å². The van der Waals surface area contributed by atoms with Crippen molar-refractivity contribution in [1.82, 2.24) is 20.4 Å². The predicted octanol–water partition coefficient (Wildman–Crippen LogP) is 2.59. The van der Waals surface area contributed by atoms with Crippen LogP contribution >= 0.6 is 0 Å². The van der Waals surface area contributed by atoms with Crippen LogP contribution in [0, 0.1) is 13.8 Å². The molecule has 1 fully saturated rings. The van der Waals surface area contributed by atoms with E-state index in [2.05, 4.69) is 22.4 Å². The summed E-state index contributed by atoms with van der Waals surface area (Å²) in [5.41, 5.74) is -0.504. The Hall–Kier alpha value is -2.64. The summed E-state index contributed by atoms with van der Waals surface area (Å²) < 4.78 is 10.7. The highest BCUT2D eigenvalue weighted by molar-refractivity contribution is 6.07. The fraction of sp³-hybridized carbons (Fsp3) is 0.529. The summed E-state index contributed by atoms with van der Waals surface area (Å²) in [5, 5.41) is 6.62. The summed E-state index contributed by atoms with van der Waals surface area (Å²) >= 11 is 0. The number of amides is 3. The quantitative estimate of drug-likeness (QED) is 0.807. The molecule has 0 bridgehead atoms. The fourth-order valence-corrected chi connectivity index (χ4v) is 3.08. The normalized spacial score (nSPS) is 20.4. The lowest BCUT2D eigenvalue weighted by molar-refractivity contribution is -0.131. The van der Waals surface area contributed by atoms with E-state index >= 15 is 0 Å². The molecule has 1 atom stereocenters. The maximum absolute atomic E-state index is 12.9. The third-order valence-electron chi connectivity index (χ3n) is 4.41. The van der Waals surface area contributed by atoms with Crippen LogP contribution in [0.25, 0.3) is 0 Å². The van der Waals surface area contributed by atoms with Crippen LogP contribution in [0.5, 0.6) is 0 Å². The van der Waals surface area contributed by atoms with Crippen LogP contribution in [0.1, 0.15) is 55.5 Å². The van der Waals surface area contributed by atoms with Gasteiger partial charge in [-0.05, 0) is 33.3 Å². The van der Waals surface area contributed by atoms with Crippen molar-refractivity contribution in [3.63, 3.8) is 0 Å². The van der Waals surface area contributed by atoms with Gasteiger partial charge in [0.1, 0.15) is 17.1 Å². The molecule has 1 aliphatic rings. The number of unbranched alkanes of at least 4 members (excludes halogenated alkanes) is 1. The lowest BCUT2D eigenvalue weighted by atomic mass is 9.92. The topological polar surface area (TPSA) is 101 Å². The molecule has 3 heterocycles. The fourth-order valence-electron chi connectivity index (χ4n) is 3.08. The highest BCUT2D eigenvalue weighted by Gasteiger charge is 2.50. The first-order chi connectivity index (χ1) is 11.8. The van der Waals surface area contributed by atoms with E-state index < -0.39 is 11.6 Å². The second-order valence-electron chi connectivity index (χ2n) is 6.48. The Morgan fingerprint density at radius 2 is 2.08 bits per heavy atom. The predicted molar refractivity (Wildman–Crippen MR) is 87.5 cm³/mol. The second-order valence-corrected chi connectivity index (χ2v) is 6.48. The van der Waals surface area contributed by atoms with Crippen molar-refractivity contribution in [3.05, 3.63) is 34.9 Å². The number of furan rings is 1.